The maximum Gasteiger partial charge on any atom is 0.212 e. The quantitative estimate of drug-likeness (QED) is 0.759. The highest BCUT2D eigenvalue weighted by Gasteiger charge is 2.03. The minimum Gasteiger partial charge on any atom is -0.481 e. The van der Waals surface area contributed by atoms with E-state index in [-0.39, 0.29) is 0 Å². The summed E-state index contributed by atoms with van der Waals surface area (Å²) in [6.45, 7) is 0. The number of rotatable bonds is 4. The fourth-order valence-corrected chi connectivity index (χ4v) is 2.04. The SMILES string of the molecule is COc1ccc(Cc2nc(C=O)cs2)cn1. The molecule has 0 fully saturated rings. The van der Waals surface area contributed by atoms with E-state index in [9.17, 15) is 4.79 Å². The summed E-state index contributed by atoms with van der Waals surface area (Å²) in [5.41, 5.74) is 1.54. The normalized spacial score (nSPS) is 10.1. The van der Waals surface area contributed by atoms with Gasteiger partial charge in [0, 0.05) is 24.1 Å². The van der Waals surface area contributed by atoms with Crippen molar-refractivity contribution >= 4 is 17.6 Å². The second kappa shape index (κ2) is 4.85. The molecule has 2 aromatic rings. The number of thiazole rings is 1. The van der Waals surface area contributed by atoms with E-state index in [1.165, 1.54) is 11.3 Å². The van der Waals surface area contributed by atoms with E-state index in [4.69, 9.17) is 4.74 Å². The van der Waals surface area contributed by atoms with Crippen molar-refractivity contribution in [3.63, 3.8) is 0 Å². The van der Waals surface area contributed by atoms with Crippen molar-refractivity contribution < 1.29 is 9.53 Å². The first kappa shape index (κ1) is 10.8. The van der Waals surface area contributed by atoms with Gasteiger partial charge in [-0.25, -0.2) is 9.97 Å². The number of carbonyl (C=O) groups excluding carboxylic acids is 1. The molecule has 2 heterocycles. The van der Waals surface area contributed by atoms with Crippen LogP contribution in [0.15, 0.2) is 23.7 Å². The molecule has 0 saturated heterocycles. The lowest BCUT2D eigenvalue weighted by Gasteiger charge is -2.00. The molecule has 0 amide bonds. The van der Waals surface area contributed by atoms with E-state index >= 15 is 0 Å². The second-order valence-corrected chi connectivity index (χ2v) is 4.11. The molecule has 0 aromatic carbocycles. The van der Waals surface area contributed by atoms with Crippen LogP contribution in [0.5, 0.6) is 5.88 Å². The van der Waals surface area contributed by atoms with Gasteiger partial charge in [0.1, 0.15) is 5.69 Å². The summed E-state index contributed by atoms with van der Waals surface area (Å²) in [5.74, 6) is 0.594. The van der Waals surface area contributed by atoms with Crippen molar-refractivity contribution in [1.82, 2.24) is 9.97 Å². The Hall–Kier alpha value is -1.75. The Morgan fingerprint density at radius 3 is 2.94 bits per heavy atom. The van der Waals surface area contributed by atoms with Gasteiger partial charge in [-0.05, 0) is 5.56 Å². The van der Waals surface area contributed by atoms with Crippen molar-refractivity contribution in [3.8, 4) is 5.88 Å². The molecule has 82 valence electrons. The third-order valence-corrected chi connectivity index (χ3v) is 2.92. The molecule has 16 heavy (non-hydrogen) atoms. The van der Waals surface area contributed by atoms with Gasteiger partial charge in [-0.1, -0.05) is 6.07 Å². The van der Waals surface area contributed by atoms with Crippen LogP contribution in [0.25, 0.3) is 0 Å². The van der Waals surface area contributed by atoms with Gasteiger partial charge in [0.05, 0.1) is 12.1 Å². The van der Waals surface area contributed by atoms with E-state index < -0.39 is 0 Å². The molecule has 0 bridgehead atoms. The van der Waals surface area contributed by atoms with Crippen LogP contribution in [0.1, 0.15) is 21.1 Å². The molecule has 0 atom stereocenters. The number of methoxy groups -OCH3 is 1. The lowest BCUT2D eigenvalue weighted by atomic mass is 10.2. The fourth-order valence-electron chi connectivity index (χ4n) is 1.27. The first-order valence-electron chi connectivity index (χ1n) is 4.70. The summed E-state index contributed by atoms with van der Waals surface area (Å²) >= 11 is 1.48. The van der Waals surface area contributed by atoms with Crippen LogP contribution in [0.4, 0.5) is 0 Å². The molecule has 0 spiro atoms. The van der Waals surface area contributed by atoms with Crippen molar-refractivity contribution in [2.24, 2.45) is 0 Å². The molecule has 0 radical (unpaired) electrons. The van der Waals surface area contributed by atoms with Crippen LogP contribution < -0.4 is 4.74 Å². The van der Waals surface area contributed by atoms with Crippen molar-refractivity contribution in [2.45, 2.75) is 6.42 Å². The van der Waals surface area contributed by atoms with Crippen molar-refractivity contribution in [3.05, 3.63) is 40.0 Å². The standard InChI is InChI=1S/C11H10N2O2S/c1-15-10-3-2-8(5-12-10)4-11-13-9(6-14)7-16-11/h2-3,5-7H,4H2,1H3. The van der Waals surface area contributed by atoms with Crippen LogP contribution in [0, 0.1) is 0 Å². The molecule has 2 aromatic heterocycles. The number of aldehydes is 1. The van der Waals surface area contributed by atoms with Crippen LogP contribution >= 0.6 is 11.3 Å². The average Bonchev–Trinajstić information content (AvgIpc) is 2.78. The monoisotopic (exact) mass is 234 g/mol. The number of hydrogen-bond donors (Lipinski definition) is 0. The number of ether oxygens (including phenoxy) is 1. The largest absolute Gasteiger partial charge is 0.481 e. The first-order valence-corrected chi connectivity index (χ1v) is 5.58. The Labute approximate surface area is 96.9 Å². The number of aromatic nitrogens is 2. The van der Waals surface area contributed by atoms with Gasteiger partial charge < -0.3 is 4.74 Å². The molecular weight excluding hydrogens is 224 g/mol. The van der Waals surface area contributed by atoms with E-state index in [1.807, 2.05) is 12.1 Å². The summed E-state index contributed by atoms with van der Waals surface area (Å²) in [6.07, 6.45) is 3.20. The zero-order valence-corrected chi connectivity index (χ0v) is 9.53. The van der Waals surface area contributed by atoms with E-state index in [1.54, 1.807) is 18.7 Å². The van der Waals surface area contributed by atoms with E-state index in [2.05, 4.69) is 9.97 Å². The van der Waals surface area contributed by atoms with Crippen molar-refractivity contribution in [2.75, 3.05) is 7.11 Å². The molecule has 0 aliphatic heterocycles. The molecule has 4 nitrogen and oxygen atoms in total. The van der Waals surface area contributed by atoms with Crippen LogP contribution in [0.3, 0.4) is 0 Å². The second-order valence-electron chi connectivity index (χ2n) is 3.17. The highest BCUT2D eigenvalue weighted by Crippen LogP contribution is 2.15. The van der Waals surface area contributed by atoms with Gasteiger partial charge in [0.2, 0.25) is 5.88 Å². The van der Waals surface area contributed by atoms with Gasteiger partial charge in [-0.2, -0.15) is 0 Å². The molecule has 0 aliphatic carbocycles. The van der Waals surface area contributed by atoms with E-state index in [0.717, 1.165) is 16.9 Å². The third kappa shape index (κ3) is 2.43. The molecule has 0 N–H and O–H groups in total. The predicted octanol–water partition coefficient (Wildman–Crippen LogP) is 1.95. The molecule has 5 heteroatoms. The Balaban J connectivity index is 2.10. The Bertz CT molecular complexity index is 479. The molecule has 0 saturated carbocycles. The highest BCUT2D eigenvalue weighted by atomic mass is 32.1. The van der Waals surface area contributed by atoms with Gasteiger partial charge >= 0.3 is 0 Å². The molecule has 0 unspecified atom stereocenters. The third-order valence-electron chi connectivity index (χ3n) is 2.05. The summed E-state index contributed by atoms with van der Waals surface area (Å²) in [7, 11) is 1.58. The minimum absolute atomic E-state index is 0.487. The lowest BCUT2D eigenvalue weighted by Crippen LogP contribution is -1.91. The molecule has 2 rings (SSSR count). The maximum absolute atomic E-state index is 10.5. The summed E-state index contributed by atoms with van der Waals surface area (Å²) in [5, 5.41) is 2.66. The lowest BCUT2D eigenvalue weighted by molar-refractivity contribution is 0.111. The Morgan fingerprint density at radius 2 is 2.38 bits per heavy atom. The maximum atomic E-state index is 10.5. The van der Waals surface area contributed by atoms with Gasteiger partial charge in [0.25, 0.3) is 0 Å². The Morgan fingerprint density at radius 1 is 1.50 bits per heavy atom. The van der Waals surface area contributed by atoms with E-state index in [0.29, 0.717) is 18.0 Å². The summed E-state index contributed by atoms with van der Waals surface area (Å²) in [6, 6.07) is 3.75. The van der Waals surface area contributed by atoms with Crippen LogP contribution in [0.2, 0.25) is 0 Å². The smallest absolute Gasteiger partial charge is 0.212 e. The average molecular weight is 234 g/mol. The highest BCUT2D eigenvalue weighted by molar-refractivity contribution is 7.09. The van der Waals surface area contributed by atoms with Crippen LogP contribution in [-0.4, -0.2) is 23.4 Å². The number of nitrogens with zero attached hydrogens (tertiary/aromatic N) is 2. The predicted molar refractivity (Wildman–Crippen MR) is 61.1 cm³/mol. The van der Waals surface area contributed by atoms with Gasteiger partial charge in [0.15, 0.2) is 6.29 Å². The number of hydrogen-bond acceptors (Lipinski definition) is 5. The first-order chi connectivity index (χ1) is 7.81. The fraction of sp³-hybridized carbons (Fsp3) is 0.182. The van der Waals surface area contributed by atoms with Crippen LogP contribution in [-0.2, 0) is 6.42 Å². The molecule has 0 aliphatic rings. The Kier molecular flexibility index (Phi) is 3.26. The number of carbonyl (C=O) groups is 1. The van der Waals surface area contributed by atoms with Gasteiger partial charge in [-0.15, -0.1) is 11.3 Å². The summed E-state index contributed by atoms with van der Waals surface area (Å²) < 4.78 is 4.97. The molecular formula is C11H10N2O2S. The number of pyridine rings is 1. The summed E-state index contributed by atoms with van der Waals surface area (Å²) in [4.78, 5) is 18.7. The van der Waals surface area contributed by atoms with Gasteiger partial charge in [-0.3, -0.25) is 4.79 Å². The van der Waals surface area contributed by atoms with Crippen molar-refractivity contribution in [1.29, 1.82) is 0 Å². The topological polar surface area (TPSA) is 52.1 Å². The zero-order chi connectivity index (χ0) is 11.4. The minimum atomic E-state index is 0.487. The zero-order valence-electron chi connectivity index (χ0n) is 8.71.